The lowest BCUT2D eigenvalue weighted by Gasteiger charge is -2.22. The average molecular weight is 406 g/mol. The summed E-state index contributed by atoms with van der Waals surface area (Å²) in [6.07, 6.45) is 1.62. The van der Waals surface area contributed by atoms with Crippen LogP contribution in [0.1, 0.15) is 50.8 Å². The van der Waals surface area contributed by atoms with Crippen LogP contribution in [-0.4, -0.2) is 32.2 Å². The van der Waals surface area contributed by atoms with E-state index in [-0.39, 0.29) is 23.4 Å². The lowest BCUT2D eigenvalue weighted by Crippen LogP contribution is -2.37. The third-order valence-corrected chi connectivity index (χ3v) is 5.36. The van der Waals surface area contributed by atoms with Crippen molar-refractivity contribution >= 4 is 5.91 Å². The minimum atomic E-state index is -0.306. The molecule has 1 amide bonds. The molecule has 156 valence electrons. The molecule has 0 radical (unpaired) electrons. The first-order valence-corrected chi connectivity index (χ1v) is 10.0. The highest BCUT2D eigenvalue weighted by molar-refractivity contribution is 5.80. The smallest absolute Gasteiger partial charge is 0.345 e. The van der Waals surface area contributed by atoms with Gasteiger partial charge in [0.1, 0.15) is 5.75 Å². The van der Waals surface area contributed by atoms with Gasteiger partial charge < -0.3 is 10.5 Å². The fourth-order valence-electron chi connectivity index (χ4n) is 3.79. The Morgan fingerprint density at radius 3 is 2.53 bits per heavy atom. The zero-order valence-corrected chi connectivity index (χ0v) is 17.4. The molecule has 3 N–H and O–H groups in total. The van der Waals surface area contributed by atoms with E-state index < -0.39 is 0 Å². The largest absolute Gasteiger partial charge is 0.423 e. The van der Waals surface area contributed by atoms with Crippen LogP contribution in [0.4, 0.5) is 0 Å². The number of tetrazole rings is 1. The lowest BCUT2D eigenvalue weighted by atomic mass is 9.86. The molecule has 30 heavy (non-hydrogen) atoms. The maximum Gasteiger partial charge on any atom is 0.345 e. The Labute approximate surface area is 175 Å². The maximum absolute atomic E-state index is 11.4. The monoisotopic (exact) mass is 406 g/mol. The predicted molar refractivity (Wildman–Crippen MR) is 112 cm³/mol. The summed E-state index contributed by atoms with van der Waals surface area (Å²) in [4.78, 5) is 11.4. The maximum atomic E-state index is 11.4. The predicted octanol–water partition coefficient (Wildman–Crippen LogP) is 3.03. The van der Waals surface area contributed by atoms with E-state index in [0.717, 1.165) is 29.7 Å². The number of primary amides is 1. The summed E-state index contributed by atoms with van der Waals surface area (Å²) in [6, 6.07) is 15.9. The molecule has 1 saturated heterocycles. The van der Waals surface area contributed by atoms with Crippen LogP contribution in [-0.2, 0) is 10.2 Å². The number of para-hydroxylation sites is 1. The number of nitrogens with two attached hydrogens (primary N) is 1. The molecule has 1 aliphatic rings. The van der Waals surface area contributed by atoms with Gasteiger partial charge in [-0.05, 0) is 58.0 Å². The SMILES string of the molecule is CC(C)(C)c1ccccc1-n1nnnc1Oc1ccc([C@H]2CC[C@@H](C(N)=O)N2)cc1. The van der Waals surface area contributed by atoms with Crippen LogP contribution in [0.25, 0.3) is 5.69 Å². The van der Waals surface area contributed by atoms with Crippen LogP contribution in [0.5, 0.6) is 11.8 Å². The van der Waals surface area contributed by atoms with E-state index in [2.05, 4.69) is 47.7 Å². The summed E-state index contributed by atoms with van der Waals surface area (Å²) in [7, 11) is 0. The van der Waals surface area contributed by atoms with Crippen molar-refractivity contribution in [3.63, 3.8) is 0 Å². The van der Waals surface area contributed by atoms with Gasteiger partial charge in [0.05, 0.1) is 11.7 Å². The molecule has 0 unspecified atom stereocenters. The lowest BCUT2D eigenvalue weighted by molar-refractivity contribution is -0.119. The van der Waals surface area contributed by atoms with E-state index in [1.807, 2.05) is 42.5 Å². The molecule has 0 spiro atoms. The van der Waals surface area contributed by atoms with Crippen molar-refractivity contribution < 1.29 is 9.53 Å². The fraction of sp³-hybridized carbons (Fsp3) is 0.364. The molecule has 0 aliphatic carbocycles. The first kappa shape index (κ1) is 20.0. The minimum Gasteiger partial charge on any atom is -0.423 e. The summed E-state index contributed by atoms with van der Waals surface area (Å²) in [5, 5.41) is 15.3. The molecule has 1 fully saturated rings. The van der Waals surface area contributed by atoms with Gasteiger partial charge >= 0.3 is 6.01 Å². The molecule has 1 aliphatic heterocycles. The van der Waals surface area contributed by atoms with Crippen molar-refractivity contribution in [2.45, 2.75) is 51.1 Å². The van der Waals surface area contributed by atoms with Crippen LogP contribution >= 0.6 is 0 Å². The standard InChI is InChI=1S/C22H26N6O2/c1-22(2,3)16-6-4-5-7-19(16)28-21(25-26-27-28)30-15-10-8-14(9-11-15)17-12-13-18(24-17)20(23)29/h4-11,17-18,24H,12-13H2,1-3H3,(H2,23,29)/t17-,18+/m1/s1. The molecular weight excluding hydrogens is 380 g/mol. The van der Waals surface area contributed by atoms with E-state index in [0.29, 0.717) is 11.8 Å². The van der Waals surface area contributed by atoms with Crippen LogP contribution in [0.3, 0.4) is 0 Å². The Bertz CT molecular complexity index is 1040. The van der Waals surface area contributed by atoms with Gasteiger partial charge in [-0.2, -0.15) is 4.68 Å². The number of carbonyl (C=O) groups excluding carboxylic acids is 1. The number of ether oxygens (including phenoxy) is 1. The van der Waals surface area contributed by atoms with Crippen molar-refractivity contribution in [3.8, 4) is 17.4 Å². The van der Waals surface area contributed by atoms with Gasteiger partial charge in [0.2, 0.25) is 5.91 Å². The summed E-state index contributed by atoms with van der Waals surface area (Å²) in [6.45, 7) is 6.44. The van der Waals surface area contributed by atoms with Crippen LogP contribution in [0.15, 0.2) is 48.5 Å². The van der Waals surface area contributed by atoms with E-state index in [4.69, 9.17) is 10.5 Å². The molecule has 0 bridgehead atoms. The molecule has 8 heteroatoms. The highest BCUT2D eigenvalue weighted by Gasteiger charge is 2.28. The summed E-state index contributed by atoms with van der Waals surface area (Å²) in [5.74, 6) is 0.326. The van der Waals surface area contributed by atoms with Crippen molar-refractivity contribution in [2.24, 2.45) is 5.73 Å². The molecule has 8 nitrogen and oxygen atoms in total. The van der Waals surface area contributed by atoms with Gasteiger partial charge in [-0.3, -0.25) is 10.1 Å². The second kappa shape index (κ2) is 7.87. The highest BCUT2D eigenvalue weighted by atomic mass is 16.5. The first-order valence-electron chi connectivity index (χ1n) is 10.0. The number of hydrogen-bond acceptors (Lipinski definition) is 6. The van der Waals surface area contributed by atoms with Crippen molar-refractivity contribution in [1.82, 2.24) is 25.5 Å². The third-order valence-electron chi connectivity index (χ3n) is 5.36. The number of nitrogens with one attached hydrogen (secondary N) is 1. The zero-order chi connectivity index (χ0) is 21.3. The number of hydrogen-bond donors (Lipinski definition) is 2. The fourth-order valence-corrected chi connectivity index (χ4v) is 3.79. The average Bonchev–Trinajstić information content (AvgIpc) is 3.38. The molecule has 3 aromatic rings. The van der Waals surface area contributed by atoms with Crippen molar-refractivity contribution in [2.75, 3.05) is 0 Å². The van der Waals surface area contributed by atoms with E-state index in [9.17, 15) is 4.79 Å². The van der Waals surface area contributed by atoms with Gasteiger partial charge in [-0.1, -0.05) is 56.2 Å². The Balaban J connectivity index is 1.54. The minimum absolute atomic E-state index is 0.0709. The van der Waals surface area contributed by atoms with Gasteiger partial charge in [0.15, 0.2) is 0 Å². The Kier molecular flexibility index (Phi) is 5.26. The second-order valence-corrected chi connectivity index (χ2v) is 8.56. The van der Waals surface area contributed by atoms with E-state index in [1.165, 1.54) is 0 Å². The Hall–Kier alpha value is -3.26. The van der Waals surface area contributed by atoms with Crippen molar-refractivity contribution in [1.29, 1.82) is 0 Å². The second-order valence-electron chi connectivity index (χ2n) is 8.56. The van der Waals surface area contributed by atoms with Gasteiger partial charge in [0.25, 0.3) is 0 Å². The number of amides is 1. The Morgan fingerprint density at radius 2 is 1.87 bits per heavy atom. The third kappa shape index (κ3) is 4.04. The van der Waals surface area contributed by atoms with Crippen LogP contribution in [0, 0.1) is 0 Å². The number of rotatable bonds is 5. The molecule has 2 aromatic carbocycles. The topological polar surface area (TPSA) is 108 Å². The molecule has 4 rings (SSSR count). The van der Waals surface area contributed by atoms with Crippen LogP contribution < -0.4 is 15.8 Å². The molecule has 2 atom stereocenters. The zero-order valence-electron chi connectivity index (χ0n) is 17.4. The number of aromatic nitrogens is 4. The molecule has 0 saturated carbocycles. The summed E-state index contributed by atoms with van der Waals surface area (Å²) in [5.41, 5.74) is 8.41. The number of nitrogens with zero attached hydrogens (tertiary/aromatic N) is 4. The summed E-state index contributed by atoms with van der Waals surface area (Å²) >= 11 is 0. The quantitative estimate of drug-likeness (QED) is 0.674. The number of carbonyl (C=O) groups is 1. The van der Waals surface area contributed by atoms with Crippen molar-refractivity contribution in [3.05, 3.63) is 59.7 Å². The highest BCUT2D eigenvalue weighted by Crippen LogP contribution is 2.31. The van der Waals surface area contributed by atoms with Gasteiger partial charge in [0, 0.05) is 6.04 Å². The Morgan fingerprint density at radius 1 is 1.13 bits per heavy atom. The van der Waals surface area contributed by atoms with E-state index >= 15 is 0 Å². The molecule has 2 heterocycles. The van der Waals surface area contributed by atoms with Crippen LogP contribution in [0.2, 0.25) is 0 Å². The molecule has 1 aromatic heterocycles. The first-order chi connectivity index (χ1) is 14.3. The van der Waals surface area contributed by atoms with E-state index in [1.54, 1.807) is 4.68 Å². The van der Waals surface area contributed by atoms with Gasteiger partial charge in [-0.25, -0.2) is 0 Å². The molecular formula is C22H26N6O2. The number of benzene rings is 2. The van der Waals surface area contributed by atoms with Gasteiger partial charge in [-0.15, -0.1) is 0 Å². The normalized spacial score (nSPS) is 19.0. The summed E-state index contributed by atoms with van der Waals surface area (Å²) < 4.78 is 7.60.